The molecule has 1 unspecified atom stereocenters. The number of phenolic OH excluding ortho intramolecular Hbond substituents is 1. The highest BCUT2D eigenvalue weighted by Gasteiger charge is 2.33. The van der Waals surface area contributed by atoms with Gasteiger partial charge in [0.05, 0.1) is 6.04 Å². The minimum atomic E-state index is -0.0394. The van der Waals surface area contributed by atoms with Gasteiger partial charge in [0.25, 0.3) is 0 Å². The Bertz CT molecular complexity index is 751. The van der Waals surface area contributed by atoms with Gasteiger partial charge in [-0.15, -0.1) is 0 Å². The topological polar surface area (TPSA) is 58.1 Å². The summed E-state index contributed by atoms with van der Waals surface area (Å²) in [4.78, 5) is 8.82. The number of hydrogen-bond donors (Lipinski definition) is 1. The third kappa shape index (κ3) is 3.03. The Balaban J connectivity index is 1.74. The lowest BCUT2D eigenvalue weighted by molar-refractivity contribution is 0.173. The minimum Gasteiger partial charge on any atom is -0.507 e. The number of rotatable bonds is 4. The average molecular weight is 341 g/mol. The summed E-state index contributed by atoms with van der Waals surface area (Å²) in [6.45, 7) is 2.13. The number of aromatic nitrogens is 1. The van der Waals surface area contributed by atoms with Crippen molar-refractivity contribution < 1.29 is 14.6 Å². The minimum absolute atomic E-state index is 0.0394. The second kappa shape index (κ2) is 6.54. The van der Waals surface area contributed by atoms with Gasteiger partial charge in [-0.2, -0.15) is 0 Å². The van der Waals surface area contributed by atoms with Crippen LogP contribution in [0.5, 0.6) is 17.2 Å². The fourth-order valence-electron chi connectivity index (χ4n) is 3.72. The SMILES string of the molecule is CN(C)[C@@H]1CCN(C(c2ccncc2)c2cc3c(cc2O)OCO3)C1. The molecule has 6 heteroatoms. The highest BCUT2D eigenvalue weighted by Crippen LogP contribution is 2.43. The summed E-state index contributed by atoms with van der Waals surface area (Å²) in [5.41, 5.74) is 1.96. The fraction of sp³-hybridized carbons (Fsp3) is 0.421. The fourth-order valence-corrected chi connectivity index (χ4v) is 3.72. The monoisotopic (exact) mass is 341 g/mol. The average Bonchev–Trinajstić information content (AvgIpc) is 3.26. The van der Waals surface area contributed by atoms with Crippen molar-refractivity contribution in [2.24, 2.45) is 0 Å². The normalized spacial score (nSPS) is 21.0. The van der Waals surface area contributed by atoms with Crippen LogP contribution in [0, 0.1) is 0 Å². The first-order valence-corrected chi connectivity index (χ1v) is 8.56. The molecule has 1 saturated heterocycles. The maximum atomic E-state index is 10.7. The Morgan fingerprint density at radius 2 is 1.92 bits per heavy atom. The van der Waals surface area contributed by atoms with E-state index in [-0.39, 0.29) is 18.6 Å². The summed E-state index contributed by atoms with van der Waals surface area (Å²) < 4.78 is 10.9. The Morgan fingerprint density at radius 3 is 2.60 bits per heavy atom. The van der Waals surface area contributed by atoms with E-state index in [1.807, 2.05) is 18.2 Å². The lowest BCUT2D eigenvalue weighted by atomic mass is 9.96. The van der Waals surface area contributed by atoms with Crippen molar-refractivity contribution in [3.05, 3.63) is 47.8 Å². The van der Waals surface area contributed by atoms with Crippen molar-refractivity contribution in [2.45, 2.75) is 18.5 Å². The van der Waals surface area contributed by atoms with Gasteiger partial charge in [-0.05, 0) is 44.3 Å². The number of phenols is 1. The molecule has 1 N–H and O–H groups in total. The van der Waals surface area contributed by atoms with Crippen LogP contribution in [0.3, 0.4) is 0 Å². The van der Waals surface area contributed by atoms with Crippen LogP contribution >= 0.6 is 0 Å². The van der Waals surface area contributed by atoms with Gasteiger partial charge < -0.3 is 19.5 Å². The van der Waals surface area contributed by atoms with Crippen LogP contribution in [0.4, 0.5) is 0 Å². The second-order valence-electron chi connectivity index (χ2n) is 6.85. The lowest BCUT2D eigenvalue weighted by Gasteiger charge is -2.30. The number of ether oxygens (including phenoxy) is 2. The zero-order chi connectivity index (χ0) is 17.4. The number of fused-ring (bicyclic) bond motifs is 1. The van der Waals surface area contributed by atoms with E-state index in [9.17, 15) is 5.11 Å². The summed E-state index contributed by atoms with van der Waals surface area (Å²) in [5.74, 6) is 1.52. The van der Waals surface area contributed by atoms with E-state index in [4.69, 9.17) is 9.47 Å². The molecule has 4 rings (SSSR count). The molecule has 2 aliphatic rings. The first-order chi connectivity index (χ1) is 12.1. The summed E-state index contributed by atoms with van der Waals surface area (Å²) >= 11 is 0. The molecular formula is C19H23N3O3. The van der Waals surface area contributed by atoms with Gasteiger partial charge in [0.2, 0.25) is 6.79 Å². The molecule has 0 amide bonds. The van der Waals surface area contributed by atoms with Crippen molar-refractivity contribution in [2.75, 3.05) is 34.0 Å². The molecule has 1 aromatic heterocycles. The molecule has 6 nitrogen and oxygen atoms in total. The molecular weight excluding hydrogens is 318 g/mol. The zero-order valence-corrected chi connectivity index (χ0v) is 14.6. The summed E-state index contributed by atoms with van der Waals surface area (Å²) in [6, 6.07) is 8.06. The maximum Gasteiger partial charge on any atom is 0.231 e. The molecule has 2 aliphatic heterocycles. The van der Waals surface area contributed by atoms with Crippen molar-refractivity contribution in [3.8, 4) is 17.2 Å². The van der Waals surface area contributed by atoms with Crippen LogP contribution in [-0.4, -0.2) is 59.9 Å². The first kappa shape index (κ1) is 16.2. The standard InChI is InChI=1S/C19H23N3O3/c1-21(2)14-5-8-22(11-14)19(13-3-6-20-7-4-13)15-9-17-18(10-16(15)23)25-12-24-17/h3-4,6-7,9-10,14,19,23H,5,8,11-12H2,1-2H3/t14-,19?/m1/s1. The molecule has 3 heterocycles. The molecule has 25 heavy (non-hydrogen) atoms. The second-order valence-corrected chi connectivity index (χ2v) is 6.85. The van der Waals surface area contributed by atoms with Crippen LogP contribution in [0.25, 0.3) is 0 Å². The number of nitrogens with zero attached hydrogens (tertiary/aromatic N) is 3. The van der Waals surface area contributed by atoms with Crippen molar-refractivity contribution in [1.82, 2.24) is 14.8 Å². The highest BCUT2D eigenvalue weighted by molar-refractivity contribution is 5.54. The molecule has 0 aliphatic carbocycles. The molecule has 2 atom stereocenters. The molecule has 2 aromatic rings. The largest absolute Gasteiger partial charge is 0.507 e. The van der Waals surface area contributed by atoms with E-state index in [2.05, 4.69) is 28.9 Å². The number of aromatic hydroxyl groups is 1. The third-order valence-electron chi connectivity index (χ3n) is 5.13. The Hall–Kier alpha value is -2.31. The number of likely N-dealkylation sites (N-methyl/N-ethyl adjacent to an activating group) is 1. The predicted molar refractivity (Wildman–Crippen MR) is 94.0 cm³/mol. The van der Waals surface area contributed by atoms with E-state index in [0.717, 1.165) is 30.6 Å². The van der Waals surface area contributed by atoms with Crippen molar-refractivity contribution in [1.29, 1.82) is 0 Å². The molecule has 1 aromatic carbocycles. The molecule has 132 valence electrons. The van der Waals surface area contributed by atoms with Crippen LogP contribution in [0.15, 0.2) is 36.7 Å². The van der Waals surface area contributed by atoms with Gasteiger partial charge in [0.1, 0.15) is 5.75 Å². The molecule has 0 radical (unpaired) electrons. The third-order valence-corrected chi connectivity index (χ3v) is 5.13. The smallest absolute Gasteiger partial charge is 0.231 e. The Kier molecular flexibility index (Phi) is 4.23. The van der Waals surface area contributed by atoms with Crippen LogP contribution in [-0.2, 0) is 0 Å². The van der Waals surface area contributed by atoms with E-state index in [1.54, 1.807) is 18.5 Å². The predicted octanol–water partition coefficient (Wildman–Crippen LogP) is 2.24. The highest BCUT2D eigenvalue weighted by atomic mass is 16.7. The van der Waals surface area contributed by atoms with Crippen LogP contribution < -0.4 is 9.47 Å². The van der Waals surface area contributed by atoms with E-state index < -0.39 is 0 Å². The molecule has 0 saturated carbocycles. The van der Waals surface area contributed by atoms with Gasteiger partial charge >= 0.3 is 0 Å². The van der Waals surface area contributed by atoms with Crippen molar-refractivity contribution >= 4 is 0 Å². The number of hydrogen-bond acceptors (Lipinski definition) is 6. The Labute approximate surface area is 147 Å². The number of benzene rings is 1. The summed E-state index contributed by atoms with van der Waals surface area (Å²) in [5, 5.41) is 10.7. The van der Waals surface area contributed by atoms with E-state index >= 15 is 0 Å². The first-order valence-electron chi connectivity index (χ1n) is 8.56. The number of pyridine rings is 1. The molecule has 0 spiro atoms. The quantitative estimate of drug-likeness (QED) is 0.920. The van der Waals surface area contributed by atoms with Crippen molar-refractivity contribution in [3.63, 3.8) is 0 Å². The molecule has 1 fully saturated rings. The van der Waals surface area contributed by atoms with Gasteiger partial charge in [-0.25, -0.2) is 0 Å². The molecule has 0 bridgehead atoms. The zero-order valence-electron chi connectivity index (χ0n) is 14.6. The number of likely N-dealkylation sites (tertiary alicyclic amines) is 1. The van der Waals surface area contributed by atoms with Gasteiger partial charge in [0, 0.05) is 43.2 Å². The van der Waals surface area contributed by atoms with Gasteiger partial charge in [0.15, 0.2) is 11.5 Å². The summed E-state index contributed by atoms with van der Waals surface area (Å²) in [6.07, 6.45) is 4.71. The van der Waals surface area contributed by atoms with Crippen LogP contribution in [0.2, 0.25) is 0 Å². The van der Waals surface area contributed by atoms with E-state index in [0.29, 0.717) is 17.5 Å². The van der Waals surface area contributed by atoms with Gasteiger partial charge in [-0.3, -0.25) is 9.88 Å². The van der Waals surface area contributed by atoms with Gasteiger partial charge in [-0.1, -0.05) is 0 Å². The van der Waals surface area contributed by atoms with Crippen LogP contribution in [0.1, 0.15) is 23.6 Å². The summed E-state index contributed by atoms with van der Waals surface area (Å²) in [7, 11) is 4.24. The van der Waals surface area contributed by atoms with E-state index in [1.165, 1.54) is 0 Å². The lowest BCUT2D eigenvalue weighted by Crippen LogP contribution is -2.33. The Morgan fingerprint density at radius 1 is 1.20 bits per heavy atom. The maximum absolute atomic E-state index is 10.7.